The Labute approximate surface area is 198 Å². The third-order valence-corrected chi connectivity index (χ3v) is 5.55. The summed E-state index contributed by atoms with van der Waals surface area (Å²) in [6, 6.07) is 9.69. The number of aryl methyl sites for hydroxylation is 4. The summed E-state index contributed by atoms with van der Waals surface area (Å²) in [6.07, 6.45) is 0.336. The van der Waals surface area contributed by atoms with Crippen molar-refractivity contribution in [3.8, 4) is 0 Å². The number of carbonyl (C=O) groups is 2. The Morgan fingerprint density at radius 2 is 0.971 bits per heavy atom. The van der Waals surface area contributed by atoms with Gasteiger partial charge >= 0.3 is 0 Å². The summed E-state index contributed by atoms with van der Waals surface area (Å²) >= 11 is 0. The van der Waals surface area contributed by atoms with Crippen LogP contribution in [0.5, 0.6) is 0 Å². The van der Waals surface area contributed by atoms with Crippen molar-refractivity contribution in [1.82, 2.24) is 0 Å². The molecule has 2 amide bonds. The number of hydrogen-bond acceptors (Lipinski definition) is 2. The zero-order valence-electron chi connectivity index (χ0n) is 19.2. The molecular formula is C26H21F5N2O2. The fourth-order valence-electron chi connectivity index (χ4n) is 3.16. The van der Waals surface area contributed by atoms with Gasteiger partial charge in [0, 0.05) is 11.4 Å². The second-order valence-electron chi connectivity index (χ2n) is 8.05. The van der Waals surface area contributed by atoms with Gasteiger partial charge in [-0.2, -0.15) is 0 Å². The summed E-state index contributed by atoms with van der Waals surface area (Å²) < 4.78 is 69.5. The summed E-state index contributed by atoms with van der Waals surface area (Å²) in [5.41, 5.74) is 1.72. The highest BCUT2D eigenvalue weighted by Crippen LogP contribution is 2.26. The van der Waals surface area contributed by atoms with Gasteiger partial charge in [0.1, 0.15) is 5.57 Å². The van der Waals surface area contributed by atoms with E-state index in [1.165, 1.54) is 12.1 Å². The molecule has 0 aromatic heterocycles. The molecule has 0 aliphatic carbocycles. The van der Waals surface area contributed by atoms with E-state index in [1.807, 2.05) is 13.8 Å². The van der Waals surface area contributed by atoms with E-state index < -0.39 is 52.0 Å². The van der Waals surface area contributed by atoms with Crippen LogP contribution in [0.2, 0.25) is 0 Å². The van der Waals surface area contributed by atoms with E-state index in [1.54, 1.807) is 38.1 Å². The van der Waals surface area contributed by atoms with Gasteiger partial charge in [-0.05, 0) is 80.3 Å². The van der Waals surface area contributed by atoms with E-state index in [9.17, 15) is 31.5 Å². The number of anilines is 2. The Morgan fingerprint density at radius 3 is 1.34 bits per heavy atom. The Bertz CT molecular complexity index is 1290. The molecule has 182 valence electrons. The Morgan fingerprint density at radius 1 is 0.600 bits per heavy atom. The minimum Gasteiger partial charge on any atom is -0.322 e. The van der Waals surface area contributed by atoms with E-state index in [0.717, 1.165) is 22.3 Å². The maximum atomic E-state index is 14.3. The second-order valence-corrected chi connectivity index (χ2v) is 8.05. The molecule has 0 fully saturated rings. The number of rotatable bonds is 5. The normalized spacial score (nSPS) is 10.7. The second kappa shape index (κ2) is 10.1. The van der Waals surface area contributed by atoms with E-state index in [-0.39, 0.29) is 11.4 Å². The molecular weight excluding hydrogens is 467 g/mol. The standard InChI is InChI=1S/C26H21F5N2O2/c1-12-5-7-16(9-14(12)3)32-25(34)19(26(35)33-17-8-6-13(2)15(4)10-17)11-18-20(27)22(29)24(31)23(30)21(18)28/h5-11H,1-4H3,(H,32,34)(H,33,35). The van der Waals surface area contributed by atoms with Crippen molar-refractivity contribution in [2.75, 3.05) is 10.6 Å². The van der Waals surface area contributed by atoms with Crippen LogP contribution in [0.4, 0.5) is 33.3 Å². The molecule has 3 aromatic carbocycles. The molecule has 0 spiro atoms. The van der Waals surface area contributed by atoms with Crippen molar-refractivity contribution in [2.24, 2.45) is 0 Å². The van der Waals surface area contributed by atoms with Crippen molar-refractivity contribution >= 4 is 29.3 Å². The maximum Gasteiger partial charge on any atom is 0.261 e. The molecule has 0 aliphatic rings. The van der Waals surface area contributed by atoms with E-state index in [4.69, 9.17) is 0 Å². The van der Waals surface area contributed by atoms with Gasteiger partial charge in [-0.15, -0.1) is 0 Å². The van der Waals surface area contributed by atoms with Gasteiger partial charge in [0.05, 0.1) is 5.56 Å². The molecule has 0 aliphatic heterocycles. The summed E-state index contributed by atoms with van der Waals surface area (Å²) in [7, 11) is 0. The monoisotopic (exact) mass is 488 g/mol. The zero-order chi connectivity index (χ0) is 26.0. The number of amides is 2. The van der Waals surface area contributed by atoms with Crippen LogP contribution in [0.15, 0.2) is 42.0 Å². The van der Waals surface area contributed by atoms with Gasteiger partial charge in [-0.3, -0.25) is 9.59 Å². The molecule has 0 saturated heterocycles. The quantitative estimate of drug-likeness (QED) is 0.111. The van der Waals surface area contributed by atoms with Crippen LogP contribution < -0.4 is 10.6 Å². The van der Waals surface area contributed by atoms with Gasteiger partial charge in [-0.25, -0.2) is 22.0 Å². The van der Waals surface area contributed by atoms with Gasteiger partial charge in [0.2, 0.25) is 5.82 Å². The fraction of sp³-hybridized carbons (Fsp3) is 0.154. The first-order valence-electron chi connectivity index (χ1n) is 10.4. The molecule has 2 N–H and O–H groups in total. The number of nitrogens with one attached hydrogen (secondary N) is 2. The molecule has 35 heavy (non-hydrogen) atoms. The van der Waals surface area contributed by atoms with Crippen LogP contribution in [0, 0.1) is 56.8 Å². The predicted molar refractivity (Wildman–Crippen MR) is 123 cm³/mol. The summed E-state index contributed by atoms with van der Waals surface area (Å²) in [4.78, 5) is 26.0. The number of benzene rings is 3. The maximum absolute atomic E-state index is 14.3. The average molecular weight is 488 g/mol. The largest absolute Gasteiger partial charge is 0.322 e. The third kappa shape index (κ3) is 5.40. The minimum atomic E-state index is -2.35. The first kappa shape index (κ1) is 25.6. The average Bonchev–Trinajstić information content (AvgIpc) is 2.81. The van der Waals surface area contributed by atoms with Crippen molar-refractivity contribution in [3.05, 3.63) is 98.9 Å². The topological polar surface area (TPSA) is 58.2 Å². The summed E-state index contributed by atoms with van der Waals surface area (Å²) in [6.45, 7) is 7.24. The van der Waals surface area contributed by atoms with Crippen LogP contribution >= 0.6 is 0 Å². The van der Waals surface area contributed by atoms with E-state index >= 15 is 0 Å². The lowest BCUT2D eigenvalue weighted by atomic mass is 10.1. The first-order valence-corrected chi connectivity index (χ1v) is 10.4. The molecule has 0 radical (unpaired) electrons. The molecule has 3 aromatic rings. The lowest BCUT2D eigenvalue weighted by molar-refractivity contribution is -0.118. The minimum absolute atomic E-state index is 0.264. The predicted octanol–water partition coefficient (Wildman–Crippen LogP) is 6.28. The van der Waals surface area contributed by atoms with E-state index in [0.29, 0.717) is 6.08 Å². The lowest BCUT2D eigenvalue weighted by Crippen LogP contribution is -2.25. The lowest BCUT2D eigenvalue weighted by Gasteiger charge is -2.13. The molecule has 0 heterocycles. The third-order valence-electron chi connectivity index (χ3n) is 5.55. The first-order chi connectivity index (χ1) is 16.4. The molecule has 0 saturated carbocycles. The highest BCUT2D eigenvalue weighted by Gasteiger charge is 2.27. The molecule has 0 bridgehead atoms. The van der Waals surface area contributed by atoms with Gasteiger partial charge in [0.15, 0.2) is 23.3 Å². The Hall–Kier alpha value is -4.01. The van der Waals surface area contributed by atoms with Crippen LogP contribution in [-0.4, -0.2) is 11.8 Å². The van der Waals surface area contributed by atoms with Crippen molar-refractivity contribution in [2.45, 2.75) is 27.7 Å². The SMILES string of the molecule is Cc1ccc(NC(=O)C(=Cc2c(F)c(F)c(F)c(F)c2F)C(=O)Nc2ccc(C)c(C)c2)cc1C. The molecule has 0 atom stereocenters. The Balaban J connectivity index is 2.09. The smallest absolute Gasteiger partial charge is 0.261 e. The van der Waals surface area contributed by atoms with Crippen LogP contribution in [0.1, 0.15) is 27.8 Å². The molecule has 9 heteroatoms. The van der Waals surface area contributed by atoms with Gasteiger partial charge in [0.25, 0.3) is 11.8 Å². The van der Waals surface area contributed by atoms with Crippen LogP contribution in [-0.2, 0) is 9.59 Å². The zero-order valence-corrected chi connectivity index (χ0v) is 19.2. The summed E-state index contributed by atoms with van der Waals surface area (Å²) in [5, 5.41) is 4.85. The van der Waals surface area contributed by atoms with Crippen molar-refractivity contribution < 1.29 is 31.5 Å². The van der Waals surface area contributed by atoms with Crippen LogP contribution in [0.25, 0.3) is 6.08 Å². The highest BCUT2D eigenvalue weighted by molar-refractivity contribution is 6.28. The number of carbonyl (C=O) groups excluding carboxylic acids is 2. The highest BCUT2D eigenvalue weighted by atomic mass is 19.2. The number of halogens is 5. The fourth-order valence-corrected chi connectivity index (χ4v) is 3.16. The number of hydrogen-bond donors (Lipinski definition) is 2. The molecule has 4 nitrogen and oxygen atoms in total. The molecule has 3 rings (SSSR count). The Kier molecular flexibility index (Phi) is 7.38. The molecule has 0 unspecified atom stereocenters. The van der Waals surface area contributed by atoms with Crippen LogP contribution in [0.3, 0.4) is 0 Å². The van der Waals surface area contributed by atoms with Crippen molar-refractivity contribution in [1.29, 1.82) is 0 Å². The van der Waals surface area contributed by atoms with Gasteiger partial charge in [-0.1, -0.05) is 12.1 Å². The van der Waals surface area contributed by atoms with E-state index in [2.05, 4.69) is 10.6 Å². The van der Waals surface area contributed by atoms with Gasteiger partial charge < -0.3 is 10.6 Å². The summed E-state index contributed by atoms with van der Waals surface area (Å²) in [5.74, 6) is -13.3. The van der Waals surface area contributed by atoms with Crippen molar-refractivity contribution in [3.63, 3.8) is 0 Å².